The van der Waals surface area contributed by atoms with Crippen LogP contribution in [0.3, 0.4) is 0 Å². The molecule has 0 aliphatic rings. The Morgan fingerprint density at radius 2 is 2.05 bits per heavy atom. The molecule has 0 atom stereocenters. The van der Waals surface area contributed by atoms with E-state index >= 15 is 0 Å². The molecule has 1 aromatic carbocycles. The van der Waals surface area contributed by atoms with Crippen molar-refractivity contribution in [3.05, 3.63) is 28.8 Å². The number of benzene rings is 1. The van der Waals surface area contributed by atoms with Gasteiger partial charge in [-0.2, -0.15) is 14.8 Å². The van der Waals surface area contributed by atoms with Gasteiger partial charge >= 0.3 is 0 Å². The van der Waals surface area contributed by atoms with Gasteiger partial charge in [-0.15, -0.1) is 0 Å². The predicted molar refractivity (Wildman–Crippen MR) is 70.8 cm³/mol. The van der Waals surface area contributed by atoms with Gasteiger partial charge in [0.2, 0.25) is 10.0 Å². The minimum atomic E-state index is -3.74. The molecule has 0 heterocycles. The number of nitriles is 2. The van der Waals surface area contributed by atoms with Crippen molar-refractivity contribution in [2.75, 3.05) is 13.1 Å². The van der Waals surface area contributed by atoms with Crippen molar-refractivity contribution in [3.8, 4) is 12.1 Å². The lowest BCUT2D eigenvalue weighted by atomic mass is 10.2. The largest absolute Gasteiger partial charge is 0.244 e. The van der Waals surface area contributed by atoms with Crippen LogP contribution in [0.4, 0.5) is 0 Å². The molecule has 19 heavy (non-hydrogen) atoms. The predicted octanol–water partition coefficient (Wildman–Crippen LogP) is 2.14. The van der Waals surface area contributed by atoms with E-state index in [2.05, 4.69) is 0 Å². The van der Waals surface area contributed by atoms with E-state index in [-0.39, 0.29) is 29.4 Å². The third-order valence-electron chi connectivity index (χ3n) is 2.50. The van der Waals surface area contributed by atoms with Crippen molar-refractivity contribution >= 4 is 21.6 Å². The van der Waals surface area contributed by atoms with E-state index in [1.165, 1.54) is 22.5 Å². The standard InChI is InChI=1S/C12H12ClN3O2S/c1-2-16(7-3-6-14)19(17,18)12-5-4-10(9-15)8-11(12)13/h4-5,8H,2-3,7H2,1H3. The second-order valence-corrected chi connectivity index (χ2v) is 5.98. The average molecular weight is 298 g/mol. The summed E-state index contributed by atoms with van der Waals surface area (Å²) in [4.78, 5) is -0.0482. The highest BCUT2D eigenvalue weighted by molar-refractivity contribution is 7.89. The molecule has 0 aromatic heterocycles. The first-order chi connectivity index (χ1) is 8.97. The van der Waals surface area contributed by atoms with E-state index in [4.69, 9.17) is 22.1 Å². The van der Waals surface area contributed by atoms with Crippen LogP contribution in [0.25, 0.3) is 0 Å². The molecule has 7 heteroatoms. The summed E-state index contributed by atoms with van der Waals surface area (Å²) in [5, 5.41) is 17.3. The second kappa shape index (κ2) is 6.53. The Balaban J connectivity index is 3.20. The van der Waals surface area contributed by atoms with Crippen LogP contribution in [0.2, 0.25) is 5.02 Å². The number of nitrogens with zero attached hydrogens (tertiary/aromatic N) is 3. The summed E-state index contributed by atoms with van der Waals surface area (Å²) >= 11 is 5.91. The fraction of sp³-hybridized carbons (Fsp3) is 0.333. The maximum atomic E-state index is 12.3. The van der Waals surface area contributed by atoms with Gasteiger partial charge in [-0.05, 0) is 18.2 Å². The van der Waals surface area contributed by atoms with Crippen molar-refractivity contribution in [2.45, 2.75) is 18.2 Å². The van der Waals surface area contributed by atoms with Gasteiger partial charge in [0.05, 0.1) is 22.7 Å². The molecule has 0 fully saturated rings. The smallest absolute Gasteiger partial charge is 0.207 e. The van der Waals surface area contributed by atoms with E-state index in [1.807, 2.05) is 12.1 Å². The molecule has 1 aromatic rings. The highest BCUT2D eigenvalue weighted by Gasteiger charge is 2.25. The van der Waals surface area contributed by atoms with Crippen LogP contribution >= 0.6 is 11.6 Å². The lowest BCUT2D eigenvalue weighted by molar-refractivity contribution is 0.435. The molecule has 0 N–H and O–H groups in total. The van der Waals surface area contributed by atoms with Crippen LogP contribution in [0.15, 0.2) is 23.1 Å². The first-order valence-corrected chi connectivity index (χ1v) is 7.36. The normalized spacial score (nSPS) is 11.0. The van der Waals surface area contributed by atoms with E-state index in [0.717, 1.165) is 0 Å². The van der Waals surface area contributed by atoms with Crippen LogP contribution in [0.5, 0.6) is 0 Å². The van der Waals surface area contributed by atoms with Crippen molar-refractivity contribution in [1.29, 1.82) is 10.5 Å². The Morgan fingerprint density at radius 1 is 1.37 bits per heavy atom. The molecular formula is C12H12ClN3O2S. The van der Waals surface area contributed by atoms with Crippen LogP contribution in [-0.2, 0) is 10.0 Å². The summed E-state index contributed by atoms with van der Waals surface area (Å²) < 4.78 is 25.9. The third kappa shape index (κ3) is 3.45. The Labute approximate surface area is 117 Å². The summed E-state index contributed by atoms with van der Waals surface area (Å²) in [5.41, 5.74) is 0.295. The second-order valence-electron chi connectivity index (χ2n) is 3.66. The summed E-state index contributed by atoms with van der Waals surface area (Å²) in [6.07, 6.45) is 0.112. The molecule has 0 saturated carbocycles. The molecule has 0 bridgehead atoms. The summed E-state index contributed by atoms with van der Waals surface area (Å²) in [7, 11) is -3.74. The van der Waals surface area contributed by atoms with Gasteiger partial charge in [-0.1, -0.05) is 18.5 Å². The number of sulfonamides is 1. The molecule has 5 nitrogen and oxygen atoms in total. The first kappa shape index (κ1) is 15.5. The summed E-state index contributed by atoms with van der Waals surface area (Å²) in [6.45, 7) is 2.05. The topological polar surface area (TPSA) is 85.0 Å². The summed E-state index contributed by atoms with van der Waals surface area (Å²) in [6, 6.07) is 7.82. The molecule has 0 saturated heterocycles. The minimum absolute atomic E-state index is 0.00876. The highest BCUT2D eigenvalue weighted by atomic mass is 35.5. The zero-order chi connectivity index (χ0) is 14.5. The fourth-order valence-corrected chi connectivity index (χ4v) is 3.51. The van der Waals surface area contributed by atoms with Crippen molar-refractivity contribution in [3.63, 3.8) is 0 Å². The Hall–Kier alpha value is -1.60. The van der Waals surface area contributed by atoms with E-state index in [9.17, 15) is 8.42 Å². The number of rotatable bonds is 5. The molecule has 100 valence electrons. The molecule has 0 aliphatic carbocycles. The molecule has 0 amide bonds. The lowest BCUT2D eigenvalue weighted by Gasteiger charge is -2.19. The van der Waals surface area contributed by atoms with Crippen LogP contribution in [-0.4, -0.2) is 25.8 Å². The maximum Gasteiger partial charge on any atom is 0.244 e. The van der Waals surface area contributed by atoms with Crippen molar-refractivity contribution < 1.29 is 8.42 Å². The van der Waals surface area contributed by atoms with Gasteiger partial charge in [0.1, 0.15) is 4.90 Å². The van der Waals surface area contributed by atoms with Gasteiger partial charge in [-0.25, -0.2) is 8.42 Å². The molecule has 0 spiro atoms. The van der Waals surface area contributed by atoms with E-state index in [0.29, 0.717) is 5.56 Å². The van der Waals surface area contributed by atoms with Crippen LogP contribution < -0.4 is 0 Å². The number of halogens is 1. The SMILES string of the molecule is CCN(CCC#N)S(=O)(=O)c1ccc(C#N)cc1Cl. The Morgan fingerprint density at radius 3 is 2.53 bits per heavy atom. The van der Waals surface area contributed by atoms with E-state index in [1.54, 1.807) is 6.92 Å². The van der Waals surface area contributed by atoms with E-state index < -0.39 is 10.0 Å². The quantitative estimate of drug-likeness (QED) is 0.833. The third-order valence-corrected chi connectivity index (χ3v) is 4.96. The van der Waals surface area contributed by atoms with Crippen LogP contribution in [0, 0.1) is 22.7 Å². The summed E-state index contributed by atoms with van der Waals surface area (Å²) in [5.74, 6) is 0. The minimum Gasteiger partial charge on any atom is -0.207 e. The molecule has 0 unspecified atom stereocenters. The number of hydrogen-bond donors (Lipinski definition) is 0. The molecule has 0 aliphatic heterocycles. The Kier molecular flexibility index (Phi) is 5.31. The van der Waals surface area contributed by atoms with Gasteiger partial charge in [0.25, 0.3) is 0 Å². The fourth-order valence-electron chi connectivity index (χ4n) is 1.54. The first-order valence-electron chi connectivity index (χ1n) is 5.54. The average Bonchev–Trinajstić information content (AvgIpc) is 2.38. The molecule has 1 rings (SSSR count). The van der Waals surface area contributed by atoms with Crippen molar-refractivity contribution in [1.82, 2.24) is 4.31 Å². The van der Waals surface area contributed by atoms with Crippen LogP contribution in [0.1, 0.15) is 18.9 Å². The maximum absolute atomic E-state index is 12.3. The number of hydrogen-bond acceptors (Lipinski definition) is 4. The van der Waals surface area contributed by atoms with Gasteiger partial charge in [-0.3, -0.25) is 0 Å². The van der Waals surface area contributed by atoms with Crippen molar-refractivity contribution in [2.24, 2.45) is 0 Å². The van der Waals surface area contributed by atoms with Gasteiger partial charge < -0.3 is 0 Å². The zero-order valence-corrected chi connectivity index (χ0v) is 11.9. The molecular weight excluding hydrogens is 286 g/mol. The van der Waals surface area contributed by atoms with Gasteiger partial charge in [0.15, 0.2) is 0 Å². The van der Waals surface area contributed by atoms with Gasteiger partial charge in [0, 0.05) is 19.5 Å². The lowest BCUT2D eigenvalue weighted by Crippen LogP contribution is -2.32. The Bertz CT molecular complexity index is 644. The monoisotopic (exact) mass is 297 g/mol. The molecule has 0 radical (unpaired) electrons. The highest BCUT2D eigenvalue weighted by Crippen LogP contribution is 2.25. The zero-order valence-electron chi connectivity index (χ0n) is 10.3.